The molecule has 1 atom stereocenters. The summed E-state index contributed by atoms with van der Waals surface area (Å²) in [5, 5.41) is 19.5. The molecule has 3 N–H and O–H groups in total. The molecule has 0 aliphatic carbocycles. The summed E-state index contributed by atoms with van der Waals surface area (Å²) in [6.07, 6.45) is 0. The van der Waals surface area contributed by atoms with E-state index in [1.807, 2.05) is 0 Å². The van der Waals surface area contributed by atoms with E-state index in [9.17, 15) is 33.1 Å². The predicted octanol–water partition coefficient (Wildman–Crippen LogP) is 3.15. The Morgan fingerprint density at radius 3 is 2.37 bits per heavy atom. The van der Waals surface area contributed by atoms with Gasteiger partial charge in [0.15, 0.2) is 0 Å². The smallest absolute Gasteiger partial charge is 0.372 e. The Bertz CT molecular complexity index is 1010. The van der Waals surface area contributed by atoms with Gasteiger partial charge in [-0.05, 0) is 41.6 Å². The highest BCUT2D eigenvalue weighted by Gasteiger charge is 2.22. The first kappa shape index (κ1) is 22.8. The number of aliphatic carboxylic acids is 1. The molecule has 0 spiro atoms. The van der Waals surface area contributed by atoms with Crippen LogP contribution in [0.1, 0.15) is 17.3 Å². The van der Waals surface area contributed by atoms with Gasteiger partial charge in [-0.3, -0.25) is 4.79 Å². The van der Waals surface area contributed by atoms with Crippen molar-refractivity contribution in [3.8, 4) is 16.9 Å². The van der Waals surface area contributed by atoms with Crippen molar-refractivity contribution in [3.63, 3.8) is 0 Å². The second-order valence-electron chi connectivity index (χ2n) is 5.89. The highest BCUT2D eigenvalue weighted by molar-refractivity contribution is 8.13. The number of nitrogens with one attached hydrogen (secondary N) is 1. The van der Waals surface area contributed by atoms with Gasteiger partial charge in [0, 0.05) is 24.3 Å². The summed E-state index contributed by atoms with van der Waals surface area (Å²) in [7, 11) is 0. The van der Waals surface area contributed by atoms with Gasteiger partial charge in [-0.1, -0.05) is 6.07 Å². The van der Waals surface area contributed by atoms with Gasteiger partial charge in [-0.2, -0.15) is 0 Å². The molecule has 0 bridgehead atoms. The van der Waals surface area contributed by atoms with Crippen molar-refractivity contribution in [3.05, 3.63) is 53.6 Å². The van der Waals surface area contributed by atoms with Crippen LogP contribution in [0.2, 0.25) is 0 Å². The van der Waals surface area contributed by atoms with E-state index in [-0.39, 0.29) is 22.6 Å². The second kappa shape index (κ2) is 9.83. The minimum Gasteiger partial charge on any atom is -0.480 e. The number of carboxylic acids is 2. The molecule has 11 heteroatoms. The molecule has 0 aliphatic rings. The van der Waals surface area contributed by atoms with Gasteiger partial charge in [0.1, 0.15) is 29.0 Å². The predicted molar refractivity (Wildman–Crippen MR) is 102 cm³/mol. The average Bonchev–Trinajstić information content (AvgIpc) is 2.65. The third-order valence-electron chi connectivity index (χ3n) is 3.69. The largest absolute Gasteiger partial charge is 0.480 e. The Morgan fingerprint density at radius 2 is 1.80 bits per heavy atom. The van der Waals surface area contributed by atoms with Crippen molar-refractivity contribution >= 4 is 34.9 Å². The molecule has 0 radical (unpaired) electrons. The van der Waals surface area contributed by atoms with Crippen LogP contribution in [0.3, 0.4) is 0 Å². The van der Waals surface area contributed by atoms with Crippen LogP contribution in [0.25, 0.3) is 11.1 Å². The zero-order valence-corrected chi connectivity index (χ0v) is 16.2. The standard InChI is InChI=1S/C19H15F2NO7S/c1-9(23)22-15(18(26)27)8-30-19(28)29-16-5-2-10(6-13(16)17(24)25)12-4-3-11(20)7-14(12)21/h2-7,15H,8H2,1H3,(H,22,23)(H,24,25)(H,26,27)/t15-/m1/s1. The van der Waals surface area contributed by atoms with Gasteiger partial charge in [-0.15, -0.1) is 0 Å². The summed E-state index contributed by atoms with van der Waals surface area (Å²) in [5.41, 5.74) is -0.387. The van der Waals surface area contributed by atoms with Crippen LogP contribution < -0.4 is 10.1 Å². The van der Waals surface area contributed by atoms with Crippen molar-refractivity contribution in [1.82, 2.24) is 5.32 Å². The van der Waals surface area contributed by atoms with E-state index in [0.29, 0.717) is 17.8 Å². The molecule has 1 amide bonds. The maximum Gasteiger partial charge on any atom is 0.372 e. The lowest BCUT2D eigenvalue weighted by Gasteiger charge is -2.13. The quantitative estimate of drug-likeness (QED) is 0.561. The molecule has 0 aromatic heterocycles. The number of ether oxygens (including phenoxy) is 1. The fourth-order valence-corrected chi connectivity index (χ4v) is 3.05. The van der Waals surface area contributed by atoms with Gasteiger partial charge in [0.2, 0.25) is 5.91 Å². The number of rotatable bonds is 7. The average molecular weight is 439 g/mol. The number of halogens is 2. The Balaban J connectivity index is 2.19. The van der Waals surface area contributed by atoms with E-state index in [1.54, 1.807) is 0 Å². The molecule has 8 nitrogen and oxygen atoms in total. The number of carbonyl (C=O) groups is 4. The topological polar surface area (TPSA) is 130 Å². The van der Waals surface area contributed by atoms with Crippen LogP contribution >= 0.6 is 11.8 Å². The first-order chi connectivity index (χ1) is 14.1. The molecule has 0 saturated heterocycles. The molecule has 2 aromatic rings. The fraction of sp³-hybridized carbons (Fsp3) is 0.158. The van der Waals surface area contributed by atoms with E-state index in [2.05, 4.69) is 5.32 Å². The summed E-state index contributed by atoms with van der Waals surface area (Å²) in [5.74, 6) is -5.82. The SMILES string of the molecule is CC(=O)N[C@H](CSC(=O)Oc1ccc(-c2ccc(F)cc2F)cc1C(=O)O)C(=O)O. The molecule has 2 rings (SSSR count). The van der Waals surface area contributed by atoms with Crippen molar-refractivity contribution in [2.24, 2.45) is 0 Å². The summed E-state index contributed by atoms with van der Waals surface area (Å²) < 4.78 is 32.0. The summed E-state index contributed by atoms with van der Waals surface area (Å²) >= 11 is 0.423. The summed E-state index contributed by atoms with van der Waals surface area (Å²) in [6.45, 7) is 1.11. The van der Waals surface area contributed by atoms with E-state index in [0.717, 1.165) is 31.2 Å². The number of hydrogen-bond donors (Lipinski definition) is 3. The van der Waals surface area contributed by atoms with Gasteiger partial charge in [0.05, 0.1) is 0 Å². The number of thioether (sulfide) groups is 1. The number of amides is 1. The molecule has 2 aromatic carbocycles. The van der Waals surface area contributed by atoms with E-state index >= 15 is 0 Å². The lowest BCUT2D eigenvalue weighted by atomic mass is 10.0. The van der Waals surface area contributed by atoms with Gasteiger partial charge in [-0.25, -0.2) is 23.2 Å². The van der Waals surface area contributed by atoms with Crippen LogP contribution in [-0.2, 0) is 9.59 Å². The first-order valence-corrected chi connectivity index (χ1v) is 9.24. The maximum absolute atomic E-state index is 14.0. The first-order valence-electron chi connectivity index (χ1n) is 8.25. The normalized spacial score (nSPS) is 11.4. The van der Waals surface area contributed by atoms with Crippen molar-refractivity contribution in [1.29, 1.82) is 0 Å². The third kappa shape index (κ3) is 6.01. The molecule has 0 heterocycles. The molecule has 30 heavy (non-hydrogen) atoms. The Hall–Kier alpha value is -3.47. The Kier molecular flexibility index (Phi) is 7.48. The molecule has 158 valence electrons. The number of benzene rings is 2. The Labute approximate surface area is 172 Å². The zero-order valence-electron chi connectivity index (χ0n) is 15.3. The van der Waals surface area contributed by atoms with Crippen molar-refractivity contribution in [2.45, 2.75) is 13.0 Å². The number of carboxylic acid groups (broad SMARTS) is 2. The number of carbonyl (C=O) groups excluding carboxylic acids is 2. The van der Waals surface area contributed by atoms with Gasteiger partial charge in [0.25, 0.3) is 0 Å². The third-order valence-corrected chi connectivity index (χ3v) is 4.51. The summed E-state index contributed by atoms with van der Waals surface area (Å²) in [6, 6.07) is 4.93. The van der Waals surface area contributed by atoms with E-state index in [1.165, 1.54) is 6.07 Å². The number of aromatic carboxylic acids is 1. The molecular weight excluding hydrogens is 424 g/mol. The lowest BCUT2D eigenvalue weighted by Crippen LogP contribution is -2.41. The molecule has 0 unspecified atom stereocenters. The molecule has 0 aliphatic heterocycles. The minimum absolute atomic E-state index is 0.0502. The molecule has 0 fully saturated rings. The lowest BCUT2D eigenvalue weighted by molar-refractivity contribution is -0.140. The number of hydrogen-bond acceptors (Lipinski definition) is 6. The molecule has 0 saturated carbocycles. The van der Waals surface area contributed by atoms with Crippen LogP contribution in [0.5, 0.6) is 5.75 Å². The van der Waals surface area contributed by atoms with Gasteiger partial charge >= 0.3 is 17.2 Å². The van der Waals surface area contributed by atoms with Crippen LogP contribution in [-0.4, -0.2) is 45.2 Å². The zero-order chi connectivity index (χ0) is 22.4. The van der Waals surface area contributed by atoms with E-state index in [4.69, 9.17) is 9.84 Å². The molecular formula is C19H15F2NO7S. The maximum atomic E-state index is 14.0. The van der Waals surface area contributed by atoms with Crippen molar-refractivity contribution < 1.29 is 42.9 Å². The second-order valence-corrected chi connectivity index (χ2v) is 6.85. The fourth-order valence-electron chi connectivity index (χ4n) is 2.37. The van der Waals surface area contributed by atoms with Crippen LogP contribution in [0.4, 0.5) is 13.6 Å². The van der Waals surface area contributed by atoms with Crippen molar-refractivity contribution in [2.75, 3.05) is 5.75 Å². The summed E-state index contributed by atoms with van der Waals surface area (Å²) in [4.78, 5) is 45.6. The van der Waals surface area contributed by atoms with Crippen LogP contribution in [0, 0.1) is 11.6 Å². The minimum atomic E-state index is -1.46. The van der Waals surface area contributed by atoms with Gasteiger partial charge < -0.3 is 20.3 Å². The highest BCUT2D eigenvalue weighted by atomic mass is 32.2. The monoisotopic (exact) mass is 439 g/mol. The van der Waals surface area contributed by atoms with E-state index < -0.39 is 46.4 Å². The Morgan fingerprint density at radius 1 is 1.10 bits per heavy atom. The van der Waals surface area contributed by atoms with Crippen LogP contribution in [0.15, 0.2) is 36.4 Å². The highest BCUT2D eigenvalue weighted by Crippen LogP contribution is 2.30.